The van der Waals surface area contributed by atoms with Crippen molar-refractivity contribution in [3.63, 3.8) is 0 Å². The summed E-state index contributed by atoms with van der Waals surface area (Å²) in [7, 11) is 0. The highest BCUT2D eigenvalue weighted by atomic mass is 16.4. The van der Waals surface area contributed by atoms with E-state index in [1.165, 1.54) is 6.26 Å². The number of hydrogen-bond acceptors (Lipinski definition) is 2. The zero-order chi connectivity index (χ0) is 4.41. The standard InChI is InChI=1S/C3H2NO2/c5-3-4-1-2-6-3/h2H,(H,4,5). The maximum Gasteiger partial charge on any atom is 0.416 e. The molecule has 0 unspecified atom stereocenters. The van der Waals surface area contributed by atoms with Crippen molar-refractivity contribution in [1.82, 2.24) is 4.98 Å². The van der Waals surface area contributed by atoms with E-state index in [2.05, 4.69) is 15.6 Å². The SMILES string of the molecule is O=c1[nH][c]co1. The maximum atomic E-state index is 9.82. The predicted octanol–water partition coefficient (Wildman–Crippen LogP) is -0.232. The lowest BCUT2D eigenvalue weighted by Crippen LogP contribution is -1.92. The van der Waals surface area contributed by atoms with Crippen LogP contribution in [0.1, 0.15) is 0 Å². The van der Waals surface area contributed by atoms with E-state index in [1.807, 2.05) is 0 Å². The lowest BCUT2D eigenvalue weighted by molar-refractivity contribution is 0.515. The minimum Gasteiger partial charge on any atom is -0.416 e. The van der Waals surface area contributed by atoms with E-state index in [0.29, 0.717) is 0 Å². The molecule has 1 heterocycles. The molecule has 0 bridgehead atoms. The first kappa shape index (κ1) is 3.21. The lowest BCUT2D eigenvalue weighted by atomic mass is 11.0. The Balaban J connectivity index is 3.41. The second kappa shape index (κ2) is 1.01. The van der Waals surface area contributed by atoms with E-state index in [1.54, 1.807) is 0 Å². The molecule has 1 rings (SSSR count). The molecule has 6 heavy (non-hydrogen) atoms. The molecule has 1 aromatic rings. The molecule has 3 heteroatoms. The summed E-state index contributed by atoms with van der Waals surface area (Å²) in [4.78, 5) is 12.0. The third-order valence-electron chi connectivity index (χ3n) is 0.399. The van der Waals surface area contributed by atoms with Crippen molar-refractivity contribution in [2.45, 2.75) is 0 Å². The molecular weight excluding hydrogens is 82.0 g/mol. The molecular formula is C3H2NO2. The van der Waals surface area contributed by atoms with Gasteiger partial charge in [0.25, 0.3) is 0 Å². The zero-order valence-corrected chi connectivity index (χ0v) is 2.89. The monoisotopic (exact) mass is 84.0 g/mol. The van der Waals surface area contributed by atoms with Crippen molar-refractivity contribution in [2.24, 2.45) is 0 Å². The van der Waals surface area contributed by atoms with Crippen LogP contribution in [-0.4, -0.2) is 4.98 Å². The van der Waals surface area contributed by atoms with Crippen molar-refractivity contribution in [3.8, 4) is 0 Å². The van der Waals surface area contributed by atoms with Gasteiger partial charge in [0.05, 0.1) is 0 Å². The van der Waals surface area contributed by atoms with Crippen LogP contribution in [0.15, 0.2) is 15.5 Å². The van der Waals surface area contributed by atoms with Gasteiger partial charge in [-0.3, -0.25) is 4.98 Å². The van der Waals surface area contributed by atoms with Crippen LogP contribution >= 0.6 is 0 Å². The zero-order valence-electron chi connectivity index (χ0n) is 2.89. The minimum absolute atomic E-state index is 0.463. The van der Waals surface area contributed by atoms with Gasteiger partial charge < -0.3 is 4.42 Å². The maximum absolute atomic E-state index is 9.82. The molecule has 0 aliphatic carbocycles. The Morgan fingerprint density at radius 3 is 3.00 bits per heavy atom. The van der Waals surface area contributed by atoms with Crippen LogP contribution in [0.4, 0.5) is 0 Å². The van der Waals surface area contributed by atoms with Crippen molar-refractivity contribution >= 4 is 0 Å². The van der Waals surface area contributed by atoms with Crippen molar-refractivity contribution in [3.05, 3.63) is 23.0 Å². The van der Waals surface area contributed by atoms with E-state index >= 15 is 0 Å². The second-order valence-corrected chi connectivity index (χ2v) is 0.792. The molecule has 0 amide bonds. The van der Waals surface area contributed by atoms with E-state index in [0.717, 1.165) is 0 Å². The highest BCUT2D eigenvalue weighted by molar-refractivity contribution is 4.55. The van der Waals surface area contributed by atoms with Crippen LogP contribution in [0.25, 0.3) is 0 Å². The van der Waals surface area contributed by atoms with Crippen LogP contribution in [0.2, 0.25) is 0 Å². The molecule has 1 radical (unpaired) electrons. The summed E-state index contributed by atoms with van der Waals surface area (Å²) >= 11 is 0. The number of H-pyrrole nitrogens is 1. The van der Waals surface area contributed by atoms with Crippen molar-refractivity contribution in [2.75, 3.05) is 0 Å². The average Bonchev–Trinajstić information content (AvgIpc) is 1.86. The van der Waals surface area contributed by atoms with Gasteiger partial charge in [-0.15, -0.1) is 0 Å². The summed E-state index contributed by atoms with van der Waals surface area (Å²) in [6.07, 6.45) is 3.49. The fourth-order valence-corrected chi connectivity index (χ4v) is 0.201. The number of aromatic amines is 1. The largest absolute Gasteiger partial charge is 0.416 e. The Morgan fingerprint density at radius 2 is 2.83 bits per heavy atom. The Kier molecular flexibility index (Phi) is 0.538. The highest BCUT2D eigenvalue weighted by Gasteiger charge is 1.74. The van der Waals surface area contributed by atoms with Crippen LogP contribution in [0, 0.1) is 6.20 Å². The molecule has 31 valence electrons. The number of hydrogen-bond donors (Lipinski definition) is 1. The molecule has 3 nitrogen and oxygen atoms in total. The summed E-state index contributed by atoms with van der Waals surface area (Å²) < 4.78 is 4.17. The van der Waals surface area contributed by atoms with Crippen LogP contribution in [0.3, 0.4) is 0 Å². The van der Waals surface area contributed by atoms with Gasteiger partial charge in [0.1, 0.15) is 12.5 Å². The van der Waals surface area contributed by atoms with Gasteiger partial charge in [0, 0.05) is 0 Å². The third kappa shape index (κ3) is 0.337. The van der Waals surface area contributed by atoms with E-state index in [9.17, 15) is 4.79 Å². The predicted molar refractivity (Wildman–Crippen MR) is 18.2 cm³/mol. The topological polar surface area (TPSA) is 46.0 Å². The van der Waals surface area contributed by atoms with E-state index in [-0.39, 0.29) is 0 Å². The van der Waals surface area contributed by atoms with E-state index < -0.39 is 5.76 Å². The molecule has 1 N–H and O–H groups in total. The summed E-state index contributed by atoms with van der Waals surface area (Å²) in [5, 5.41) is 0. The number of nitrogens with one attached hydrogen (secondary N) is 1. The molecule has 0 saturated carbocycles. The Hall–Kier alpha value is -0.990. The van der Waals surface area contributed by atoms with Crippen LogP contribution in [0.5, 0.6) is 0 Å². The number of aromatic nitrogens is 1. The molecule has 1 aromatic heterocycles. The highest BCUT2D eigenvalue weighted by Crippen LogP contribution is 1.61. The minimum atomic E-state index is -0.463. The van der Waals surface area contributed by atoms with Gasteiger partial charge in [-0.1, -0.05) is 0 Å². The average molecular weight is 84.1 g/mol. The van der Waals surface area contributed by atoms with Crippen LogP contribution < -0.4 is 5.76 Å². The van der Waals surface area contributed by atoms with Crippen molar-refractivity contribution < 1.29 is 4.42 Å². The van der Waals surface area contributed by atoms with Gasteiger partial charge in [-0.05, 0) is 0 Å². The van der Waals surface area contributed by atoms with Gasteiger partial charge in [0.15, 0.2) is 0 Å². The molecule has 0 aliphatic rings. The summed E-state index contributed by atoms with van der Waals surface area (Å²) in [5.74, 6) is -0.463. The number of rotatable bonds is 0. The fraction of sp³-hybridized carbons (Fsp3) is 0. The number of oxazole rings is 1. The Bertz CT molecular complexity index is 147. The molecule has 0 aromatic carbocycles. The molecule has 0 aliphatic heterocycles. The smallest absolute Gasteiger partial charge is 0.416 e. The van der Waals surface area contributed by atoms with Gasteiger partial charge >= 0.3 is 5.76 Å². The lowest BCUT2D eigenvalue weighted by Gasteiger charge is -1.51. The summed E-state index contributed by atoms with van der Waals surface area (Å²) in [5.41, 5.74) is 0. The molecule has 0 saturated heterocycles. The fourth-order valence-electron chi connectivity index (χ4n) is 0.201. The first-order chi connectivity index (χ1) is 2.89. The Labute approximate surface area is 33.6 Å². The second-order valence-electron chi connectivity index (χ2n) is 0.792. The van der Waals surface area contributed by atoms with Gasteiger partial charge in [-0.25, -0.2) is 4.79 Å². The first-order valence-electron chi connectivity index (χ1n) is 1.43. The quantitative estimate of drug-likeness (QED) is 0.471. The molecule has 0 spiro atoms. The summed E-state index contributed by atoms with van der Waals surface area (Å²) in [6, 6.07) is 0. The van der Waals surface area contributed by atoms with Gasteiger partial charge in [0.2, 0.25) is 0 Å². The van der Waals surface area contributed by atoms with Gasteiger partial charge in [-0.2, -0.15) is 0 Å². The Morgan fingerprint density at radius 1 is 2.00 bits per heavy atom. The summed E-state index contributed by atoms with van der Waals surface area (Å²) in [6.45, 7) is 0. The van der Waals surface area contributed by atoms with E-state index in [4.69, 9.17) is 0 Å². The third-order valence-corrected chi connectivity index (χ3v) is 0.399. The van der Waals surface area contributed by atoms with Crippen LogP contribution in [-0.2, 0) is 0 Å². The molecule has 0 fully saturated rings. The van der Waals surface area contributed by atoms with Crippen molar-refractivity contribution in [1.29, 1.82) is 0 Å². The normalized spacial score (nSPS) is 8.67. The molecule has 0 atom stereocenters. The first-order valence-corrected chi connectivity index (χ1v) is 1.43.